The summed E-state index contributed by atoms with van der Waals surface area (Å²) >= 11 is 0. The fourth-order valence-corrected chi connectivity index (χ4v) is 4.62. The van der Waals surface area contributed by atoms with E-state index in [1.807, 2.05) is 31.7 Å². The fraction of sp³-hybridized carbons (Fsp3) is 0.500. The van der Waals surface area contributed by atoms with Gasteiger partial charge in [0.25, 0.3) is 0 Å². The van der Waals surface area contributed by atoms with E-state index in [2.05, 4.69) is 25.6 Å². The van der Waals surface area contributed by atoms with Crippen LogP contribution < -0.4 is 10.6 Å². The molecule has 4 rings (SSSR count). The number of ether oxygens (including phenoxy) is 2. The maximum Gasteiger partial charge on any atom is 0.410 e. The summed E-state index contributed by atoms with van der Waals surface area (Å²) in [6.45, 7) is 5.61. The van der Waals surface area contributed by atoms with Gasteiger partial charge in [-0.25, -0.2) is 24.5 Å². The highest BCUT2D eigenvalue weighted by Crippen LogP contribution is 2.38. The van der Waals surface area contributed by atoms with Crippen LogP contribution in [-0.2, 0) is 9.47 Å². The van der Waals surface area contributed by atoms with E-state index in [1.165, 1.54) is 25.7 Å². The van der Waals surface area contributed by atoms with Gasteiger partial charge in [0.05, 0.1) is 25.2 Å². The van der Waals surface area contributed by atoms with E-state index in [0.717, 1.165) is 25.7 Å². The second-order valence-electron chi connectivity index (χ2n) is 9.72. The Morgan fingerprint density at radius 3 is 2.34 bits per heavy atom. The third-order valence-corrected chi connectivity index (χ3v) is 6.03. The van der Waals surface area contributed by atoms with Gasteiger partial charge in [0.15, 0.2) is 5.69 Å². The van der Waals surface area contributed by atoms with Crippen LogP contribution in [0, 0.1) is 11.3 Å². The first kappa shape index (κ1) is 24.2. The zero-order valence-corrected chi connectivity index (χ0v) is 20.2. The molecular formula is C24H29N7O4. The van der Waals surface area contributed by atoms with E-state index in [0.29, 0.717) is 22.9 Å². The molecule has 0 spiro atoms. The van der Waals surface area contributed by atoms with Crippen molar-refractivity contribution < 1.29 is 19.1 Å². The highest BCUT2D eigenvalue weighted by Gasteiger charge is 2.45. The molecular weight excluding hydrogens is 450 g/mol. The van der Waals surface area contributed by atoms with E-state index < -0.39 is 11.6 Å². The lowest BCUT2D eigenvalue weighted by Gasteiger charge is -2.40. The van der Waals surface area contributed by atoms with Gasteiger partial charge in [-0.2, -0.15) is 5.26 Å². The number of hydrogen-bond donors (Lipinski definition) is 2. The number of amides is 1. The Balaban J connectivity index is 1.51. The average molecular weight is 480 g/mol. The van der Waals surface area contributed by atoms with Crippen molar-refractivity contribution in [1.29, 1.82) is 5.26 Å². The molecule has 0 aliphatic carbocycles. The quantitative estimate of drug-likeness (QED) is 0.610. The molecule has 2 unspecified atom stereocenters. The molecule has 184 valence electrons. The van der Waals surface area contributed by atoms with Crippen LogP contribution in [0.2, 0.25) is 0 Å². The fourth-order valence-electron chi connectivity index (χ4n) is 4.62. The molecule has 4 heterocycles. The number of rotatable bonds is 5. The molecule has 2 bridgehead atoms. The number of carbonyl (C=O) groups excluding carboxylic acids is 2. The Labute approximate surface area is 203 Å². The van der Waals surface area contributed by atoms with Gasteiger partial charge in [-0.3, -0.25) is 0 Å². The number of esters is 1. The lowest BCUT2D eigenvalue weighted by molar-refractivity contribution is 0.00683. The van der Waals surface area contributed by atoms with Crippen molar-refractivity contribution in [2.24, 2.45) is 0 Å². The van der Waals surface area contributed by atoms with E-state index in [4.69, 9.17) is 14.7 Å². The number of fused-ring (bicyclic) bond motifs is 2. The normalized spacial score (nSPS) is 21.1. The molecule has 3 atom stereocenters. The molecule has 2 aliphatic rings. The highest BCUT2D eigenvalue weighted by molar-refractivity contribution is 5.96. The minimum absolute atomic E-state index is 0.0551. The van der Waals surface area contributed by atoms with Crippen molar-refractivity contribution >= 4 is 29.4 Å². The van der Waals surface area contributed by atoms with Crippen LogP contribution in [0.25, 0.3) is 0 Å². The van der Waals surface area contributed by atoms with Crippen LogP contribution in [0.15, 0.2) is 24.7 Å². The van der Waals surface area contributed by atoms with Crippen LogP contribution in [0.5, 0.6) is 0 Å². The second kappa shape index (κ2) is 9.74. The number of nitriles is 1. The Hall–Kier alpha value is -3.94. The molecule has 1 amide bonds. The Morgan fingerprint density at radius 1 is 1.09 bits per heavy atom. The minimum Gasteiger partial charge on any atom is -0.465 e. The molecule has 2 fully saturated rings. The number of aromatic nitrogens is 3. The number of pyridine rings is 1. The Kier molecular flexibility index (Phi) is 6.73. The van der Waals surface area contributed by atoms with Gasteiger partial charge in [0, 0.05) is 30.4 Å². The van der Waals surface area contributed by atoms with Crippen LogP contribution in [0.3, 0.4) is 0 Å². The minimum atomic E-state index is -0.541. The summed E-state index contributed by atoms with van der Waals surface area (Å²) < 4.78 is 10.6. The van der Waals surface area contributed by atoms with Gasteiger partial charge in [-0.05, 0) is 46.5 Å². The van der Waals surface area contributed by atoms with Crippen LogP contribution in [0.4, 0.5) is 22.1 Å². The van der Waals surface area contributed by atoms with Crippen molar-refractivity contribution in [3.05, 3.63) is 35.9 Å². The molecule has 0 aromatic carbocycles. The first-order chi connectivity index (χ1) is 16.7. The standard InChI is InChI=1S/C24H29N7O4/c1-24(2,3)35-23(33)31-16-5-6-17(31)8-14(7-16)29-19-9-20(28-12-18(19)22(32)34-4)30-21-13-26-15(10-25)11-27-21/h9,11-14,16-17H,5-8H2,1-4H3,(H2,27,28,29,30)/t14?,16-,17?/m1/s1. The number of nitrogens with one attached hydrogen (secondary N) is 2. The molecule has 2 aromatic heterocycles. The summed E-state index contributed by atoms with van der Waals surface area (Å²) in [6, 6.07) is 3.85. The second-order valence-corrected chi connectivity index (χ2v) is 9.72. The van der Waals surface area contributed by atoms with E-state index in [-0.39, 0.29) is 29.9 Å². The van der Waals surface area contributed by atoms with Gasteiger partial charge in [-0.1, -0.05) is 0 Å². The lowest BCUT2D eigenvalue weighted by Crippen LogP contribution is -2.51. The summed E-state index contributed by atoms with van der Waals surface area (Å²) in [5, 5.41) is 15.4. The summed E-state index contributed by atoms with van der Waals surface area (Å²) in [5.74, 6) is 0.365. The molecule has 2 N–H and O–H groups in total. The number of methoxy groups -OCH3 is 1. The predicted molar refractivity (Wildman–Crippen MR) is 127 cm³/mol. The summed E-state index contributed by atoms with van der Waals surface area (Å²) in [6.07, 6.45) is 7.30. The Bertz CT molecular complexity index is 1130. The topological polar surface area (TPSA) is 142 Å². The van der Waals surface area contributed by atoms with E-state index in [9.17, 15) is 9.59 Å². The van der Waals surface area contributed by atoms with Gasteiger partial charge in [0.1, 0.15) is 28.9 Å². The zero-order valence-electron chi connectivity index (χ0n) is 20.2. The lowest BCUT2D eigenvalue weighted by atomic mass is 9.97. The van der Waals surface area contributed by atoms with Crippen molar-refractivity contribution in [3.63, 3.8) is 0 Å². The molecule has 11 heteroatoms. The Morgan fingerprint density at radius 2 is 1.77 bits per heavy atom. The van der Waals surface area contributed by atoms with Gasteiger partial charge in [-0.15, -0.1) is 0 Å². The SMILES string of the molecule is COC(=O)c1cnc(Nc2cnc(C#N)cn2)cc1NC1CC2CC[C@H](C1)N2C(=O)OC(C)(C)C. The molecule has 0 saturated carbocycles. The average Bonchev–Trinajstić information content (AvgIpc) is 3.09. The molecule has 11 nitrogen and oxygen atoms in total. The van der Waals surface area contributed by atoms with Crippen LogP contribution in [-0.4, -0.2) is 62.8 Å². The monoisotopic (exact) mass is 479 g/mol. The smallest absolute Gasteiger partial charge is 0.410 e. The number of carbonyl (C=O) groups is 2. The summed E-state index contributed by atoms with van der Waals surface area (Å²) in [5.41, 5.74) is 0.553. The third kappa shape index (κ3) is 5.59. The van der Waals surface area contributed by atoms with Gasteiger partial charge < -0.3 is 25.0 Å². The van der Waals surface area contributed by atoms with Crippen LogP contribution >= 0.6 is 0 Å². The largest absolute Gasteiger partial charge is 0.465 e. The first-order valence-corrected chi connectivity index (χ1v) is 11.5. The molecule has 35 heavy (non-hydrogen) atoms. The number of nitrogens with zero attached hydrogens (tertiary/aromatic N) is 5. The van der Waals surface area contributed by atoms with Gasteiger partial charge >= 0.3 is 12.1 Å². The molecule has 2 saturated heterocycles. The van der Waals surface area contributed by atoms with Crippen molar-refractivity contribution in [2.75, 3.05) is 17.7 Å². The highest BCUT2D eigenvalue weighted by atomic mass is 16.6. The van der Waals surface area contributed by atoms with Crippen molar-refractivity contribution in [2.45, 2.75) is 70.2 Å². The van der Waals surface area contributed by atoms with Crippen molar-refractivity contribution in [3.8, 4) is 6.07 Å². The summed E-state index contributed by atoms with van der Waals surface area (Å²) in [7, 11) is 1.32. The molecule has 2 aliphatic heterocycles. The predicted octanol–water partition coefficient (Wildman–Crippen LogP) is 3.62. The summed E-state index contributed by atoms with van der Waals surface area (Å²) in [4.78, 5) is 39.5. The zero-order chi connectivity index (χ0) is 25.2. The number of piperidine rings is 1. The van der Waals surface area contributed by atoms with Gasteiger partial charge in [0.2, 0.25) is 0 Å². The molecule has 2 aromatic rings. The maximum atomic E-state index is 12.8. The maximum absolute atomic E-state index is 12.8. The first-order valence-electron chi connectivity index (χ1n) is 11.5. The number of hydrogen-bond acceptors (Lipinski definition) is 10. The van der Waals surface area contributed by atoms with Crippen LogP contribution in [0.1, 0.15) is 62.5 Å². The third-order valence-electron chi connectivity index (χ3n) is 6.03. The van der Waals surface area contributed by atoms with Crippen molar-refractivity contribution in [1.82, 2.24) is 19.9 Å². The molecule has 0 radical (unpaired) electrons. The van der Waals surface area contributed by atoms with E-state index in [1.54, 1.807) is 6.07 Å². The van der Waals surface area contributed by atoms with E-state index >= 15 is 0 Å². The number of anilines is 3.